The quantitative estimate of drug-likeness (QED) is 0.773. The van der Waals surface area contributed by atoms with E-state index in [4.69, 9.17) is 5.11 Å². The third-order valence-corrected chi connectivity index (χ3v) is 2.06. The molecule has 0 aliphatic carbocycles. The van der Waals surface area contributed by atoms with E-state index in [1.54, 1.807) is 0 Å². The zero-order valence-corrected chi connectivity index (χ0v) is 8.90. The van der Waals surface area contributed by atoms with Gasteiger partial charge < -0.3 is 10.0 Å². The van der Waals surface area contributed by atoms with E-state index in [1.165, 1.54) is 0 Å². The molecular formula is C11H18N2O. The smallest absolute Gasteiger partial charge is 0.128 e. The highest BCUT2D eigenvalue weighted by molar-refractivity contribution is 5.38. The molecule has 1 rings (SSSR count). The molecule has 0 saturated heterocycles. The van der Waals surface area contributed by atoms with Gasteiger partial charge in [-0.15, -0.1) is 0 Å². The van der Waals surface area contributed by atoms with Crippen molar-refractivity contribution in [1.29, 1.82) is 0 Å². The van der Waals surface area contributed by atoms with E-state index in [9.17, 15) is 0 Å². The van der Waals surface area contributed by atoms with Crippen LogP contribution in [0, 0.1) is 6.92 Å². The fourth-order valence-electron chi connectivity index (χ4n) is 1.44. The topological polar surface area (TPSA) is 36.4 Å². The van der Waals surface area contributed by atoms with Crippen LogP contribution in [0.25, 0.3) is 0 Å². The minimum absolute atomic E-state index is 0.176. The number of nitrogens with zero attached hydrogens (tertiary/aromatic N) is 2. The number of aryl methyl sites for hydroxylation is 1. The van der Waals surface area contributed by atoms with Gasteiger partial charge in [-0.25, -0.2) is 4.98 Å². The first-order valence-electron chi connectivity index (χ1n) is 5.07. The maximum absolute atomic E-state index is 8.92. The highest BCUT2D eigenvalue weighted by atomic mass is 16.3. The van der Waals surface area contributed by atoms with Crippen LogP contribution in [0.4, 0.5) is 5.82 Å². The summed E-state index contributed by atoms with van der Waals surface area (Å²) in [5, 5.41) is 8.92. The fraction of sp³-hybridized carbons (Fsp3) is 0.545. The second kappa shape index (κ2) is 5.60. The van der Waals surface area contributed by atoms with Crippen LogP contribution >= 0.6 is 0 Å². The van der Waals surface area contributed by atoms with Gasteiger partial charge in [0.2, 0.25) is 0 Å². The van der Waals surface area contributed by atoms with Crippen molar-refractivity contribution in [2.24, 2.45) is 0 Å². The van der Waals surface area contributed by atoms with Gasteiger partial charge in [-0.2, -0.15) is 0 Å². The molecule has 14 heavy (non-hydrogen) atoms. The van der Waals surface area contributed by atoms with Gasteiger partial charge in [-0.3, -0.25) is 0 Å². The standard InChI is InChI=1S/C11H18N2O/c1-3-7-13(8-9-14)11-6-4-5-10(2)12-11/h4-6,14H,3,7-9H2,1-2H3. The highest BCUT2D eigenvalue weighted by Gasteiger charge is 2.05. The van der Waals surface area contributed by atoms with Crippen molar-refractivity contribution in [3.8, 4) is 0 Å². The number of hydrogen-bond acceptors (Lipinski definition) is 3. The van der Waals surface area contributed by atoms with E-state index < -0.39 is 0 Å². The average Bonchev–Trinajstić information content (AvgIpc) is 2.17. The first-order chi connectivity index (χ1) is 6.77. The maximum atomic E-state index is 8.92. The van der Waals surface area contributed by atoms with Crippen molar-refractivity contribution >= 4 is 5.82 Å². The Morgan fingerprint density at radius 3 is 2.71 bits per heavy atom. The molecule has 1 N–H and O–H groups in total. The Balaban J connectivity index is 2.75. The summed E-state index contributed by atoms with van der Waals surface area (Å²) >= 11 is 0. The van der Waals surface area contributed by atoms with Gasteiger partial charge in [0.25, 0.3) is 0 Å². The number of pyridine rings is 1. The fourth-order valence-corrected chi connectivity index (χ4v) is 1.44. The van der Waals surface area contributed by atoms with E-state index in [0.29, 0.717) is 6.54 Å². The molecule has 3 heteroatoms. The van der Waals surface area contributed by atoms with Gasteiger partial charge in [0.05, 0.1) is 6.61 Å². The lowest BCUT2D eigenvalue weighted by Gasteiger charge is -2.22. The normalized spacial score (nSPS) is 10.2. The summed E-state index contributed by atoms with van der Waals surface area (Å²) in [5.74, 6) is 0.959. The zero-order valence-electron chi connectivity index (χ0n) is 8.90. The summed E-state index contributed by atoms with van der Waals surface area (Å²) < 4.78 is 0. The van der Waals surface area contributed by atoms with Crippen LogP contribution in [0.3, 0.4) is 0 Å². The van der Waals surface area contributed by atoms with Crippen LogP contribution in [0.15, 0.2) is 18.2 Å². The predicted molar refractivity (Wildman–Crippen MR) is 58.6 cm³/mol. The SMILES string of the molecule is CCCN(CCO)c1cccc(C)n1. The summed E-state index contributed by atoms with van der Waals surface area (Å²) in [5.41, 5.74) is 1.02. The molecule has 1 aromatic heterocycles. The van der Waals surface area contributed by atoms with Crippen molar-refractivity contribution in [3.05, 3.63) is 23.9 Å². The Kier molecular flexibility index (Phi) is 4.40. The third kappa shape index (κ3) is 3.00. The van der Waals surface area contributed by atoms with Crippen LogP contribution in [0.5, 0.6) is 0 Å². The van der Waals surface area contributed by atoms with E-state index in [-0.39, 0.29) is 6.61 Å². The Bertz CT molecular complexity index is 270. The Morgan fingerprint density at radius 2 is 2.14 bits per heavy atom. The molecule has 0 aliphatic heterocycles. The first-order valence-corrected chi connectivity index (χ1v) is 5.07. The number of aromatic nitrogens is 1. The molecule has 78 valence electrons. The minimum Gasteiger partial charge on any atom is -0.395 e. The first kappa shape index (κ1) is 11.0. The number of hydrogen-bond donors (Lipinski definition) is 1. The van der Waals surface area contributed by atoms with Gasteiger partial charge in [-0.1, -0.05) is 13.0 Å². The van der Waals surface area contributed by atoms with Crippen molar-refractivity contribution in [2.75, 3.05) is 24.6 Å². The minimum atomic E-state index is 0.176. The molecule has 1 aromatic rings. The molecule has 3 nitrogen and oxygen atoms in total. The van der Waals surface area contributed by atoms with Gasteiger partial charge in [0, 0.05) is 18.8 Å². The van der Waals surface area contributed by atoms with Crippen molar-refractivity contribution in [1.82, 2.24) is 4.98 Å². The largest absolute Gasteiger partial charge is 0.395 e. The summed E-state index contributed by atoms with van der Waals surface area (Å²) in [6, 6.07) is 5.96. The second-order valence-corrected chi connectivity index (χ2v) is 3.35. The number of aliphatic hydroxyl groups is 1. The molecule has 0 saturated carbocycles. The second-order valence-electron chi connectivity index (χ2n) is 3.35. The molecule has 0 spiro atoms. The van der Waals surface area contributed by atoms with Crippen LogP contribution < -0.4 is 4.90 Å². The van der Waals surface area contributed by atoms with E-state index in [2.05, 4.69) is 16.8 Å². The summed E-state index contributed by atoms with van der Waals surface area (Å²) in [4.78, 5) is 6.53. The Labute approximate surface area is 85.4 Å². The van der Waals surface area contributed by atoms with Gasteiger partial charge in [-0.05, 0) is 25.5 Å². The van der Waals surface area contributed by atoms with Crippen molar-refractivity contribution in [3.63, 3.8) is 0 Å². The Hall–Kier alpha value is -1.09. The van der Waals surface area contributed by atoms with Gasteiger partial charge in [0.1, 0.15) is 5.82 Å². The lowest BCUT2D eigenvalue weighted by molar-refractivity contribution is 0.301. The maximum Gasteiger partial charge on any atom is 0.128 e. The number of aliphatic hydroxyl groups excluding tert-OH is 1. The van der Waals surface area contributed by atoms with E-state index in [1.807, 2.05) is 25.1 Å². The predicted octanol–water partition coefficient (Wildman–Crippen LogP) is 1.60. The molecular weight excluding hydrogens is 176 g/mol. The molecule has 0 unspecified atom stereocenters. The molecule has 0 fully saturated rings. The lowest BCUT2D eigenvalue weighted by atomic mass is 10.3. The molecule has 0 aromatic carbocycles. The molecule has 0 bridgehead atoms. The van der Waals surface area contributed by atoms with Crippen LogP contribution in [0.1, 0.15) is 19.0 Å². The third-order valence-electron chi connectivity index (χ3n) is 2.06. The van der Waals surface area contributed by atoms with E-state index in [0.717, 1.165) is 24.5 Å². The Morgan fingerprint density at radius 1 is 1.36 bits per heavy atom. The van der Waals surface area contributed by atoms with Gasteiger partial charge in [0.15, 0.2) is 0 Å². The van der Waals surface area contributed by atoms with Crippen LogP contribution in [-0.4, -0.2) is 29.8 Å². The molecule has 0 atom stereocenters. The highest BCUT2D eigenvalue weighted by Crippen LogP contribution is 2.10. The van der Waals surface area contributed by atoms with Crippen LogP contribution in [0.2, 0.25) is 0 Å². The number of anilines is 1. The van der Waals surface area contributed by atoms with Gasteiger partial charge >= 0.3 is 0 Å². The average molecular weight is 194 g/mol. The zero-order chi connectivity index (χ0) is 10.4. The molecule has 0 amide bonds. The van der Waals surface area contributed by atoms with E-state index >= 15 is 0 Å². The van der Waals surface area contributed by atoms with Crippen LogP contribution in [-0.2, 0) is 0 Å². The van der Waals surface area contributed by atoms with Crippen molar-refractivity contribution < 1.29 is 5.11 Å². The summed E-state index contributed by atoms with van der Waals surface area (Å²) in [6.45, 7) is 5.88. The summed E-state index contributed by atoms with van der Waals surface area (Å²) in [6.07, 6.45) is 1.07. The van der Waals surface area contributed by atoms with Crippen molar-refractivity contribution in [2.45, 2.75) is 20.3 Å². The molecule has 0 aliphatic rings. The monoisotopic (exact) mass is 194 g/mol. The molecule has 0 radical (unpaired) electrons. The molecule has 1 heterocycles. The number of rotatable bonds is 5. The summed E-state index contributed by atoms with van der Waals surface area (Å²) in [7, 11) is 0. The lowest BCUT2D eigenvalue weighted by Crippen LogP contribution is -2.28.